The standard InChI is InChI=1S/C13H5ClF4O/c14-13(19)8-7(6-4-2-1-3-5-6)9(15)11(17)12(18)10(8)16/h1-5H. The summed E-state index contributed by atoms with van der Waals surface area (Å²) in [6.45, 7) is 0. The molecule has 0 saturated carbocycles. The van der Waals surface area contributed by atoms with Crippen molar-refractivity contribution in [2.24, 2.45) is 0 Å². The third-order valence-electron chi connectivity index (χ3n) is 2.53. The van der Waals surface area contributed by atoms with Crippen molar-refractivity contribution < 1.29 is 22.4 Å². The summed E-state index contributed by atoms with van der Waals surface area (Å²) < 4.78 is 53.7. The molecule has 0 saturated heterocycles. The lowest BCUT2D eigenvalue weighted by molar-refractivity contribution is 0.107. The minimum atomic E-state index is -2.07. The first kappa shape index (κ1) is 13.5. The minimum absolute atomic E-state index is 0.0156. The average Bonchev–Trinajstić information content (AvgIpc) is 2.40. The van der Waals surface area contributed by atoms with Gasteiger partial charge in [-0.3, -0.25) is 4.79 Å². The van der Waals surface area contributed by atoms with Gasteiger partial charge in [-0.1, -0.05) is 30.3 Å². The van der Waals surface area contributed by atoms with E-state index in [1.807, 2.05) is 0 Å². The molecule has 0 spiro atoms. The molecular weight excluding hydrogens is 284 g/mol. The molecule has 0 bridgehead atoms. The smallest absolute Gasteiger partial charge is 0.256 e. The predicted molar refractivity (Wildman–Crippen MR) is 61.9 cm³/mol. The molecule has 0 aliphatic rings. The molecule has 0 aromatic heterocycles. The van der Waals surface area contributed by atoms with Crippen molar-refractivity contribution in [3.05, 3.63) is 59.2 Å². The lowest BCUT2D eigenvalue weighted by Gasteiger charge is -2.10. The Labute approximate surface area is 110 Å². The van der Waals surface area contributed by atoms with Crippen molar-refractivity contribution in [2.75, 3.05) is 0 Å². The number of hydrogen-bond donors (Lipinski definition) is 0. The van der Waals surface area contributed by atoms with Gasteiger partial charge < -0.3 is 0 Å². The Morgan fingerprint density at radius 2 is 1.37 bits per heavy atom. The van der Waals surface area contributed by atoms with Crippen molar-refractivity contribution in [1.82, 2.24) is 0 Å². The SMILES string of the molecule is O=C(Cl)c1c(F)c(F)c(F)c(F)c1-c1ccccc1. The van der Waals surface area contributed by atoms with E-state index in [0.29, 0.717) is 0 Å². The molecule has 1 nitrogen and oxygen atoms in total. The third-order valence-corrected chi connectivity index (χ3v) is 2.72. The fourth-order valence-corrected chi connectivity index (χ4v) is 1.87. The van der Waals surface area contributed by atoms with E-state index in [1.54, 1.807) is 6.07 Å². The third kappa shape index (κ3) is 2.21. The molecule has 0 amide bonds. The molecule has 0 radical (unpaired) electrons. The Balaban J connectivity index is 2.90. The Morgan fingerprint density at radius 3 is 1.89 bits per heavy atom. The number of hydrogen-bond acceptors (Lipinski definition) is 1. The van der Waals surface area contributed by atoms with Crippen molar-refractivity contribution in [1.29, 1.82) is 0 Å². The summed E-state index contributed by atoms with van der Waals surface area (Å²) in [5.41, 5.74) is -1.71. The summed E-state index contributed by atoms with van der Waals surface area (Å²) in [6.07, 6.45) is 0. The number of rotatable bonds is 2. The second kappa shape index (κ2) is 5.01. The Morgan fingerprint density at radius 1 is 0.842 bits per heavy atom. The number of carbonyl (C=O) groups is 1. The van der Waals surface area contributed by atoms with Crippen LogP contribution in [0, 0.1) is 23.3 Å². The van der Waals surface area contributed by atoms with Crippen LogP contribution in [0.5, 0.6) is 0 Å². The monoisotopic (exact) mass is 288 g/mol. The van der Waals surface area contributed by atoms with Gasteiger partial charge in [0.15, 0.2) is 23.3 Å². The highest BCUT2D eigenvalue weighted by Gasteiger charge is 2.28. The van der Waals surface area contributed by atoms with Crippen molar-refractivity contribution >= 4 is 16.8 Å². The van der Waals surface area contributed by atoms with E-state index >= 15 is 0 Å². The molecule has 2 rings (SSSR count). The lowest BCUT2D eigenvalue weighted by Crippen LogP contribution is -2.08. The van der Waals surface area contributed by atoms with Gasteiger partial charge in [0.25, 0.3) is 5.24 Å². The summed E-state index contributed by atoms with van der Waals surface area (Å²) in [5, 5.41) is -1.41. The molecule has 0 atom stereocenters. The van der Waals surface area contributed by atoms with Crippen LogP contribution in [0.25, 0.3) is 11.1 Å². The zero-order valence-corrected chi connectivity index (χ0v) is 9.94. The van der Waals surface area contributed by atoms with Crippen LogP contribution in [0.2, 0.25) is 0 Å². The molecular formula is C13H5ClF4O. The molecule has 0 aliphatic heterocycles. The number of halogens is 5. The molecule has 98 valence electrons. The lowest BCUT2D eigenvalue weighted by atomic mass is 9.98. The normalized spacial score (nSPS) is 10.6. The van der Waals surface area contributed by atoms with E-state index in [1.165, 1.54) is 24.3 Å². The molecule has 0 N–H and O–H groups in total. The van der Waals surface area contributed by atoms with Gasteiger partial charge in [-0.05, 0) is 17.2 Å². The highest BCUT2D eigenvalue weighted by atomic mass is 35.5. The second-order valence-electron chi connectivity index (χ2n) is 3.65. The first-order valence-corrected chi connectivity index (χ1v) is 5.44. The van der Waals surface area contributed by atoms with Gasteiger partial charge in [0, 0.05) is 5.56 Å². The van der Waals surface area contributed by atoms with Gasteiger partial charge in [0.05, 0.1) is 5.56 Å². The molecule has 19 heavy (non-hydrogen) atoms. The summed E-state index contributed by atoms with van der Waals surface area (Å²) >= 11 is 5.13. The fourth-order valence-electron chi connectivity index (χ4n) is 1.69. The molecule has 2 aromatic carbocycles. The highest BCUT2D eigenvalue weighted by molar-refractivity contribution is 6.68. The van der Waals surface area contributed by atoms with E-state index in [0.717, 1.165) is 0 Å². The second-order valence-corrected chi connectivity index (χ2v) is 3.99. The van der Waals surface area contributed by atoms with Crippen LogP contribution < -0.4 is 0 Å². The Kier molecular flexibility index (Phi) is 3.57. The maximum absolute atomic E-state index is 13.8. The molecule has 0 unspecified atom stereocenters. The van der Waals surface area contributed by atoms with Crippen LogP contribution in [0.15, 0.2) is 30.3 Å². The van der Waals surface area contributed by atoms with Crippen LogP contribution in [0.3, 0.4) is 0 Å². The van der Waals surface area contributed by atoms with Gasteiger partial charge in [0.2, 0.25) is 0 Å². The molecule has 6 heteroatoms. The summed E-state index contributed by atoms with van der Waals surface area (Å²) in [4.78, 5) is 11.1. The Hall–Kier alpha value is -1.88. The quantitative estimate of drug-likeness (QED) is 0.349. The van der Waals surface area contributed by atoms with Gasteiger partial charge >= 0.3 is 0 Å². The van der Waals surface area contributed by atoms with Crippen molar-refractivity contribution in [3.8, 4) is 11.1 Å². The van der Waals surface area contributed by atoms with Gasteiger partial charge in [-0.25, -0.2) is 17.6 Å². The van der Waals surface area contributed by atoms with E-state index in [-0.39, 0.29) is 5.56 Å². The summed E-state index contributed by atoms with van der Waals surface area (Å²) in [5.74, 6) is -7.52. The van der Waals surface area contributed by atoms with Crippen LogP contribution in [0.4, 0.5) is 17.6 Å². The number of benzene rings is 2. The maximum atomic E-state index is 13.8. The zero-order valence-electron chi connectivity index (χ0n) is 9.18. The Bertz CT molecular complexity index is 656. The number of carbonyl (C=O) groups excluding carboxylic acids is 1. The van der Waals surface area contributed by atoms with E-state index in [2.05, 4.69) is 0 Å². The topological polar surface area (TPSA) is 17.1 Å². The fraction of sp³-hybridized carbons (Fsp3) is 0. The van der Waals surface area contributed by atoms with E-state index < -0.39 is 39.6 Å². The van der Waals surface area contributed by atoms with E-state index in [4.69, 9.17) is 11.6 Å². The van der Waals surface area contributed by atoms with Crippen LogP contribution in [0.1, 0.15) is 10.4 Å². The van der Waals surface area contributed by atoms with Gasteiger partial charge in [0.1, 0.15) is 0 Å². The average molecular weight is 289 g/mol. The van der Waals surface area contributed by atoms with Crippen LogP contribution in [-0.2, 0) is 0 Å². The van der Waals surface area contributed by atoms with E-state index in [9.17, 15) is 22.4 Å². The molecule has 0 aliphatic carbocycles. The molecule has 0 heterocycles. The maximum Gasteiger partial charge on any atom is 0.256 e. The van der Waals surface area contributed by atoms with Crippen molar-refractivity contribution in [2.45, 2.75) is 0 Å². The largest absolute Gasteiger partial charge is 0.275 e. The molecule has 2 aromatic rings. The first-order chi connectivity index (χ1) is 8.95. The van der Waals surface area contributed by atoms with Gasteiger partial charge in [-0.2, -0.15) is 0 Å². The minimum Gasteiger partial charge on any atom is -0.275 e. The van der Waals surface area contributed by atoms with Crippen LogP contribution >= 0.6 is 11.6 Å². The van der Waals surface area contributed by atoms with Crippen LogP contribution in [-0.4, -0.2) is 5.24 Å². The van der Waals surface area contributed by atoms with Crippen molar-refractivity contribution in [3.63, 3.8) is 0 Å². The first-order valence-electron chi connectivity index (χ1n) is 5.06. The summed E-state index contributed by atoms with van der Waals surface area (Å²) in [7, 11) is 0. The van der Waals surface area contributed by atoms with Gasteiger partial charge in [-0.15, -0.1) is 0 Å². The zero-order chi connectivity index (χ0) is 14.2. The summed E-state index contributed by atoms with van der Waals surface area (Å²) in [6, 6.07) is 7.16. The highest BCUT2D eigenvalue weighted by Crippen LogP contribution is 2.33. The molecule has 0 fully saturated rings. The predicted octanol–water partition coefficient (Wildman–Crippen LogP) is 4.29.